The molecule has 0 aliphatic carbocycles. The number of sulfonamides is 1. The Balaban J connectivity index is 1.43. The SMILES string of the molecule is CC(C)[C@H](NS(=O)(=O)c1cccs1)C(=O)N1CCC(c2nc3ccccc3s2)CC1. The Kier molecular flexibility index (Phi) is 6.24. The maximum Gasteiger partial charge on any atom is 0.250 e. The number of rotatable bonds is 6. The third kappa shape index (κ3) is 4.44. The lowest BCUT2D eigenvalue weighted by atomic mass is 9.96. The molecule has 1 N–H and O–H groups in total. The number of amides is 1. The minimum absolute atomic E-state index is 0.144. The number of nitrogens with zero attached hydrogens (tertiary/aromatic N) is 2. The van der Waals surface area contributed by atoms with Crippen molar-refractivity contribution in [1.82, 2.24) is 14.6 Å². The van der Waals surface area contributed by atoms with Crippen LogP contribution >= 0.6 is 22.7 Å². The van der Waals surface area contributed by atoms with E-state index in [1.54, 1.807) is 33.7 Å². The van der Waals surface area contributed by atoms with Gasteiger partial charge in [-0.25, -0.2) is 13.4 Å². The largest absolute Gasteiger partial charge is 0.341 e. The molecule has 9 heteroatoms. The first-order chi connectivity index (χ1) is 14.3. The highest BCUT2D eigenvalue weighted by atomic mass is 32.2. The van der Waals surface area contributed by atoms with E-state index in [9.17, 15) is 13.2 Å². The van der Waals surface area contributed by atoms with Crippen LogP contribution in [0.15, 0.2) is 46.0 Å². The van der Waals surface area contributed by atoms with E-state index in [1.807, 2.05) is 32.0 Å². The molecule has 0 saturated carbocycles. The molecule has 0 unspecified atom stereocenters. The number of piperidine rings is 1. The fourth-order valence-electron chi connectivity index (χ4n) is 3.72. The van der Waals surface area contributed by atoms with Crippen LogP contribution in [0.2, 0.25) is 0 Å². The zero-order valence-electron chi connectivity index (χ0n) is 16.9. The molecule has 1 atom stereocenters. The molecule has 1 aromatic carbocycles. The minimum atomic E-state index is -3.70. The average molecular weight is 464 g/mol. The number of thiazole rings is 1. The first-order valence-corrected chi connectivity index (χ1v) is 13.2. The third-order valence-corrected chi connectivity index (χ3v) is 9.48. The molecule has 2 aromatic heterocycles. The molecule has 160 valence electrons. The summed E-state index contributed by atoms with van der Waals surface area (Å²) in [6, 6.07) is 10.6. The van der Waals surface area contributed by atoms with Gasteiger partial charge in [0.25, 0.3) is 10.0 Å². The van der Waals surface area contributed by atoms with Crippen LogP contribution in [0.1, 0.15) is 37.6 Å². The lowest BCUT2D eigenvalue weighted by Crippen LogP contribution is -2.52. The molecule has 1 fully saturated rings. The van der Waals surface area contributed by atoms with Gasteiger partial charge >= 0.3 is 0 Å². The quantitative estimate of drug-likeness (QED) is 0.598. The van der Waals surface area contributed by atoms with E-state index in [1.165, 1.54) is 4.70 Å². The van der Waals surface area contributed by atoms with E-state index < -0.39 is 16.1 Å². The number of hydrogen-bond donors (Lipinski definition) is 1. The third-order valence-electron chi connectivity index (χ3n) is 5.44. The highest BCUT2D eigenvalue weighted by Gasteiger charge is 2.34. The van der Waals surface area contributed by atoms with Crippen molar-refractivity contribution in [3.05, 3.63) is 46.8 Å². The lowest BCUT2D eigenvalue weighted by Gasteiger charge is -2.34. The number of carbonyl (C=O) groups is 1. The molecule has 1 aliphatic rings. The Morgan fingerprint density at radius 2 is 1.90 bits per heavy atom. The number of hydrogen-bond acceptors (Lipinski definition) is 6. The summed E-state index contributed by atoms with van der Waals surface area (Å²) in [6.45, 7) is 4.97. The molecule has 4 rings (SSSR count). The van der Waals surface area contributed by atoms with Crippen molar-refractivity contribution in [3.63, 3.8) is 0 Å². The Hall–Kier alpha value is -1.81. The molecule has 1 saturated heterocycles. The molecular formula is C21H25N3O3S3. The maximum atomic E-state index is 13.2. The van der Waals surface area contributed by atoms with Crippen molar-refractivity contribution in [1.29, 1.82) is 0 Å². The van der Waals surface area contributed by atoms with Gasteiger partial charge < -0.3 is 4.90 Å². The highest BCUT2D eigenvalue weighted by molar-refractivity contribution is 7.91. The van der Waals surface area contributed by atoms with Crippen molar-refractivity contribution < 1.29 is 13.2 Å². The highest BCUT2D eigenvalue weighted by Crippen LogP contribution is 2.34. The van der Waals surface area contributed by atoms with E-state index in [4.69, 9.17) is 4.98 Å². The fourth-order valence-corrected chi connectivity index (χ4v) is 7.21. The lowest BCUT2D eigenvalue weighted by molar-refractivity contribution is -0.135. The van der Waals surface area contributed by atoms with Gasteiger partial charge in [0.2, 0.25) is 5.91 Å². The van der Waals surface area contributed by atoms with Gasteiger partial charge in [0, 0.05) is 19.0 Å². The number of carbonyl (C=O) groups excluding carboxylic acids is 1. The number of fused-ring (bicyclic) bond motifs is 1. The number of aromatic nitrogens is 1. The van der Waals surface area contributed by atoms with Gasteiger partial charge in [-0.05, 0) is 42.3 Å². The summed E-state index contributed by atoms with van der Waals surface area (Å²) >= 11 is 2.88. The average Bonchev–Trinajstić information content (AvgIpc) is 3.41. The van der Waals surface area contributed by atoms with Crippen LogP contribution in [0.25, 0.3) is 10.2 Å². The second-order valence-corrected chi connectivity index (χ2v) is 11.8. The first kappa shape index (κ1) is 21.4. The predicted octanol–water partition coefficient (Wildman–Crippen LogP) is 4.07. The summed E-state index contributed by atoms with van der Waals surface area (Å²) in [4.78, 5) is 19.7. The molecular weight excluding hydrogens is 438 g/mol. The first-order valence-electron chi connectivity index (χ1n) is 10.1. The smallest absolute Gasteiger partial charge is 0.250 e. The van der Waals surface area contributed by atoms with Crippen molar-refractivity contribution >= 4 is 48.8 Å². The summed E-state index contributed by atoms with van der Waals surface area (Å²) in [5.41, 5.74) is 1.03. The molecule has 30 heavy (non-hydrogen) atoms. The van der Waals surface area contributed by atoms with Gasteiger partial charge in [-0.3, -0.25) is 4.79 Å². The number of nitrogens with one attached hydrogen (secondary N) is 1. The van der Waals surface area contributed by atoms with E-state index in [0.29, 0.717) is 19.0 Å². The van der Waals surface area contributed by atoms with Gasteiger partial charge in [0.1, 0.15) is 10.3 Å². The molecule has 0 radical (unpaired) electrons. The summed E-state index contributed by atoms with van der Waals surface area (Å²) in [7, 11) is -3.70. The second-order valence-electron chi connectivity index (χ2n) is 7.89. The van der Waals surface area contributed by atoms with Crippen LogP contribution in [-0.4, -0.2) is 43.3 Å². The fraction of sp³-hybridized carbons (Fsp3) is 0.429. The van der Waals surface area contributed by atoms with Crippen molar-refractivity contribution in [2.75, 3.05) is 13.1 Å². The van der Waals surface area contributed by atoms with E-state index in [2.05, 4.69) is 10.8 Å². The molecule has 3 aromatic rings. The Morgan fingerprint density at radius 3 is 2.53 bits per heavy atom. The van der Waals surface area contributed by atoms with Gasteiger partial charge in [-0.1, -0.05) is 32.0 Å². The monoisotopic (exact) mass is 463 g/mol. The maximum absolute atomic E-state index is 13.2. The number of para-hydroxylation sites is 1. The van der Waals surface area contributed by atoms with E-state index in [0.717, 1.165) is 34.7 Å². The van der Waals surface area contributed by atoms with Crippen LogP contribution in [0.3, 0.4) is 0 Å². The Bertz CT molecular complexity index is 1080. The second kappa shape index (κ2) is 8.74. The zero-order valence-corrected chi connectivity index (χ0v) is 19.4. The number of benzene rings is 1. The molecule has 3 heterocycles. The van der Waals surface area contributed by atoms with Crippen molar-refractivity contribution in [2.45, 2.75) is 42.9 Å². The van der Waals surface area contributed by atoms with Crippen LogP contribution in [0.5, 0.6) is 0 Å². The number of likely N-dealkylation sites (tertiary alicyclic amines) is 1. The molecule has 0 spiro atoms. The predicted molar refractivity (Wildman–Crippen MR) is 121 cm³/mol. The van der Waals surface area contributed by atoms with Crippen molar-refractivity contribution in [2.24, 2.45) is 5.92 Å². The zero-order chi connectivity index (χ0) is 21.3. The Morgan fingerprint density at radius 1 is 1.17 bits per heavy atom. The van der Waals surface area contributed by atoms with E-state index >= 15 is 0 Å². The summed E-state index contributed by atoms with van der Waals surface area (Å²) in [6.07, 6.45) is 1.68. The van der Waals surface area contributed by atoms with Gasteiger partial charge in [-0.2, -0.15) is 4.72 Å². The topological polar surface area (TPSA) is 79.4 Å². The van der Waals surface area contributed by atoms with Gasteiger partial charge in [-0.15, -0.1) is 22.7 Å². The molecule has 1 amide bonds. The summed E-state index contributed by atoms with van der Waals surface area (Å²) in [5, 5.41) is 2.84. The molecule has 1 aliphatic heterocycles. The normalized spacial score (nSPS) is 17.0. The van der Waals surface area contributed by atoms with Crippen molar-refractivity contribution in [3.8, 4) is 0 Å². The van der Waals surface area contributed by atoms with Crippen LogP contribution in [-0.2, 0) is 14.8 Å². The van der Waals surface area contributed by atoms with Crippen LogP contribution in [0, 0.1) is 5.92 Å². The molecule has 6 nitrogen and oxygen atoms in total. The molecule has 0 bridgehead atoms. The summed E-state index contributed by atoms with van der Waals surface area (Å²) < 4.78 is 29.3. The Labute approximate surface area is 185 Å². The minimum Gasteiger partial charge on any atom is -0.341 e. The summed E-state index contributed by atoms with van der Waals surface area (Å²) in [5.74, 6) is 0.0499. The number of thiophene rings is 1. The standard InChI is InChI=1S/C21H25N3O3S3/c1-14(2)19(23-30(26,27)18-8-5-13-28-18)21(25)24-11-9-15(10-12-24)20-22-16-6-3-4-7-17(16)29-20/h3-8,13-15,19,23H,9-12H2,1-2H3/t19-/m0/s1. The van der Waals surface area contributed by atoms with Crippen LogP contribution < -0.4 is 4.72 Å². The van der Waals surface area contributed by atoms with Gasteiger partial charge in [0.15, 0.2) is 0 Å². The van der Waals surface area contributed by atoms with E-state index in [-0.39, 0.29) is 16.0 Å². The van der Waals surface area contributed by atoms with Gasteiger partial charge in [0.05, 0.1) is 15.2 Å². The van der Waals surface area contributed by atoms with Crippen LogP contribution in [0.4, 0.5) is 0 Å².